The number of aryl methyl sites for hydroxylation is 1. The van der Waals surface area contributed by atoms with Crippen LogP contribution in [0.2, 0.25) is 0 Å². The third-order valence-corrected chi connectivity index (χ3v) is 5.47. The minimum atomic E-state index is -3.66. The Morgan fingerprint density at radius 3 is 2.52 bits per heavy atom. The summed E-state index contributed by atoms with van der Waals surface area (Å²) < 4.78 is 27.7. The van der Waals surface area contributed by atoms with Crippen molar-refractivity contribution >= 4 is 10.0 Å². The monoisotopic (exact) mass is 303 g/mol. The fraction of sp³-hybridized carbons (Fsp3) is 0.250. The summed E-state index contributed by atoms with van der Waals surface area (Å²) in [5, 5.41) is 10.2. The van der Waals surface area contributed by atoms with Gasteiger partial charge in [-0.1, -0.05) is 42.5 Å². The van der Waals surface area contributed by atoms with Crippen molar-refractivity contribution in [3.63, 3.8) is 0 Å². The first-order valence-corrected chi connectivity index (χ1v) is 8.31. The lowest BCUT2D eigenvalue weighted by Crippen LogP contribution is -2.34. The molecule has 0 unspecified atom stereocenters. The molecule has 0 saturated carbocycles. The molecule has 0 radical (unpaired) electrons. The topological polar surface area (TPSA) is 66.4 Å². The lowest BCUT2D eigenvalue weighted by atomic mass is 10.1. The third-order valence-electron chi connectivity index (χ3n) is 3.87. The smallest absolute Gasteiger partial charge is 0.241 e. The Balaban J connectivity index is 1.95. The number of rotatable bonds is 3. The summed E-state index contributed by atoms with van der Waals surface area (Å²) >= 11 is 0. The highest BCUT2D eigenvalue weighted by Crippen LogP contribution is 2.32. The summed E-state index contributed by atoms with van der Waals surface area (Å²) in [5.74, 6) is 0. The molecule has 1 aliphatic carbocycles. The molecule has 0 heterocycles. The van der Waals surface area contributed by atoms with E-state index < -0.39 is 22.2 Å². The van der Waals surface area contributed by atoms with E-state index in [-0.39, 0.29) is 4.90 Å². The van der Waals surface area contributed by atoms with Crippen molar-refractivity contribution < 1.29 is 13.5 Å². The molecule has 2 aromatic rings. The summed E-state index contributed by atoms with van der Waals surface area (Å²) in [6, 6.07) is 13.8. The molecule has 3 rings (SSSR count). The highest BCUT2D eigenvalue weighted by Gasteiger charge is 2.34. The number of benzene rings is 2. The molecule has 0 bridgehead atoms. The fourth-order valence-electron chi connectivity index (χ4n) is 2.80. The summed E-state index contributed by atoms with van der Waals surface area (Å²) in [7, 11) is -3.66. The zero-order chi connectivity index (χ0) is 15.0. The molecule has 2 aromatic carbocycles. The van der Waals surface area contributed by atoms with Gasteiger partial charge in [-0.2, -0.15) is 0 Å². The Hall–Kier alpha value is -1.69. The van der Waals surface area contributed by atoms with E-state index in [2.05, 4.69) is 4.72 Å². The molecule has 1 aliphatic rings. The summed E-state index contributed by atoms with van der Waals surface area (Å²) in [4.78, 5) is 0.251. The largest absolute Gasteiger partial charge is 0.391 e. The Morgan fingerprint density at radius 2 is 1.76 bits per heavy atom. The van der Waals surface area contributed by atoms with Crippen LogP contribution in [0, 0.1) is 6.92 Å². The summed E-state index contributed by atoms with van der Waals surface area (Å²) in [5.41, 5.74) is 2.52. The van der Waals surface area contributed by atoms with Gasteiger partial charge in [0.05, 0.1) is 17.0 Å². The lowest BCUT2D eigenvalue weighted by Gasteiger charge is -2.18. The number of nitrogens with one attached hydrogen (secondary N) is 1. The average Bonchev–Trinajstić information content (AvgIpc) is 2.75. The maximum absolute atomic E-state index is 12.5. The van der Waals surface area contributed by atoms with Crippen LogP contribution in [0.25, 0.3) is 0 Å². The van der Waals surface area contributed by atoms with Gasteiger partial charge >= 0.3 is 0 Å². The van der Waals surface area contributed by atoms with Crippen molar-refractivity contribution in [1.82, 2.24) is 4.72 Å². The molecule has 2 N–H and O–H groups in total. The second kappa shape index (κ2) is 5.26. The SMILES string of the molecule is Cc1ccccc1S(=O)(=O)N[C@H]1c2ccccc2C[C@H]1O. The summed E-state index contributed by atoms with van der Waals surface area (Å²) in [6.07, 6.45) is -0.266. The van der Waals surface area contributed by atoms with Crippen LogP contribution in [-0.4, -0.2) is 19.6 Å². The van der Waals surface area contributed by atoms with Gasteiger partial charge in [0.25, 0.3) is 0 Å². The van der Waals surface area contributed by atoms with Crippen LogP contribution in [0.1, 0.15) is 22.7 Å². The van der Waals surface area contributed by atoms with Gasteiger partial charge in [0.1, 0.15) is 0 Å². The molecular formula is C16H17NO3S. The van der Waals surface area contributed by atoms with Crippen molar-refractivity contribution in [3.8, 4) is 0 Å². The van der Waals surface area contributed by atoms with Gasteiger partial charge in [-0.25, -0.2) is 13.1 Å². The fourth-order valence-corrected chi connectivity index (χ4v) is 4.30. The Morgan fingerprint density at radius 1 is 1.10 bits per heavy atom. The van der Waals surface area contributed by atoms with Crippen LogP contribution in [0.5, 0.6) is 0 Å². The van der Waals surface area contributed by atoms with E-state index in [1.807, 2.05) is 24.3 Å². The molecule has 21 heavy (non-hydrogen) atoms. The van der Waals surface area contributed by atoms with E-state index in [9.17, 15) is 13.5 Å². The van der Waals surface area contributed by atoms with Crippen molar-refractivity contribution in [2.45, 2.75) is 30.4 Å². The van der Waals surface area contributed by atoms with Crippen molar-refractivity contribution in [2.24, 2.45) is 0 Å². The number of aliphatic hydroxyl groups is 1. The molecule has 2 atom stereocenters. The lowest BCUT2D eigenvalue weighted by molar-refractivity contribution is 0.151. The van der Waals surface area contributed by atoms with Gasteiger partial charge in [0.2, 0.25) is 10.0 Å². The molecule has 0 spiro atoms. The van der Waals surface area contributed by atoms with E-state index >= 15 is 0 Å². The molecule has 0 aromatic heterocycles. The van der Waals surface area contributed by atoms with Gasteiger partial charge in [-0.15, -0.1) is 0 Å². The molecule has 0 saturated heterocycles. The molecular weight excluding hydrogens is 286 g/mol. The van der Waals surface area contributed by atoms with Crippen LogP contribution in [0.15, 0.2) is 53.4 Å². The maximum atomic E-state index is 12.5. The first kappa shape index (κ1) is 14.3. The van der Waals surface area contributed by atoms with Crippen LogP contribution < -0.4 is 4.72 Å². The number of hydrogen-bond donors (Lipinski definition) is 2. The first-order chi connectivity index (χ1) is 9.99. The van der Waals surface area contributed by atoms with Crippen molar-refractivity contribution in [1.29, 1.82) is 0 Å². The van der Waals surface area contributed by atoms with Crippen LogP contribution in [0.3, 0.4) is 0 Å². The number of sulfonamides is 1. The third kappa shape index (κ3) is 2.60. The zero-order valence-electron chi connectivity index (χ0n) is 11.7. The maximum Gasteiger partial charge on any atom is 0.241 e. The van der Waals surface area contributed by atoms with Gasteiger partial charge in [0, 0.05) is 6.42 Å². The van der Waals surface area contributed by atoms with Crippen LogP contribution in [-0.2, 0) is 16.4 Å². The number of hydrogen-bond acceptors (Lipinski definition) is 3. The van der Waals surface area contributed by atoms with Gasteiger partial charge in [-0.05, 0) is 29.7 Å². The van der Waals surface area contributed by atoms with Gasteiger partial charge < -0.3 is 5.11 Å². The minimum Gasteiger partial charge on any atom is -0.391 e. The Labute approximate surface area is 124 Å². The van der Waals surface area contributed by atoms with E-state index in [0.717, 1.165) is 11.1 Å². The molecule has 5 heteroatoms. The Bertz CT molecular complexity index is 771. The predicted octanol–water partition coefficient (Wildman–Crippen LogP) is 1.93. The van der Waals surface area contributed by atoms with Crippen LogP contribution >= 0.6 is 0 Å². The normalized spacial score (nSPS) is 21.2. The van der Waals surface area contributed by atoms with Gasteiger partial charge in [-0.3, -0.25) is 0 Å². The van der Waals surface area contributed by atoms with E-state index in [0.29, 0.717) is 12.0 Å². The first-order valence-electron chi connectivity index (χ1n) is 6.83. The zero-order valence-corrected chi connectivity index (χ0v) is 12.5. The van der Waals surface area contributed by atoms with E-state index in [1.54, 1.807) is 31.2 Å². The van der Waals surface area contributed by atoms with Crippen molar-refractivity contribution in [2.75, 3.05) is 0 Å². The minimum absolute atomic E-state index is 0.251. The van der Waals surface area contributed by atoms with E-state index in [4.69, 9.17) is 0 Å². The average molecular weight is 303 g/mol. The summed E-state index contributed by atoms with van der Waals surface area (Å²) in [6.45, 7) is 1.76. The molecule has 4 nitrogen and oxygen atoms in total. The van der Waals surface area contributed by atoms with Crippen LogP contribution in [0.4, 0.5) is 0 Å². The van der Waals surface area contributed by atoms with E-state index in [1.165, 1.54) is 0 Å². The highest BCUT2D eigenvalue weighted by molar-refractivity contribution is 7.89. The number of fused-ring (bicyclic) bond motifs is 1. The molecule has 0 aliphatic heterocycles. The second-order valence-corrected chi connectivity index (χ2v) is 7.02. The standard InChI is InChI=1S/C16H17NO3S/c1-11-6-2-5-9-15(11)21(19,20)17-16-13-8-4-3-7-12(13)10-14(16)18/h2-9,14,16-18H,10H2,1H3/t14-,16+/m1/s1. The molecule has 0 fully saturated rings. The second-order valence-electron chi connectivity index (χ2n) is 5.33. The molecule has 0 amide bonds. The molecule has 110 valence electrons. The quantitative estimate of drug-likeness (QED) is 0.910. The number of aliphatic hydroxyl groups excluding tert-OH is 1. The van der Waals surface area contributed by atoms with Crippen molar-refractivity contribution in [3.05, 3.63) is 65.2 Å². The Kier molecular flexibility index (Phi) is 3.57. The van der Waals surface area contributed by atoms with Gasteiger partial charge in [0.15, 0.2) is 0 Å². The highest BCUT2D eigenvalue weighted by atomic mass is 32.2. The predicted molar refractivity (Wildman–Crippen MR) is 80.4 cm³/mol.